The van der Waals surface area contributed by atoms with Gasteiger partial charge in [0.2, 0.25) is 0 Å². The number of aromatic nitrogens is 4. The summed E-state index contributed by atoms with van der Waals surface area (Å²) >= 11 is 0. The molecule has 3 aromatic rings. The Morgan fingerprint density at radius 2 is 2.00 bits per heavy atom. The molecule has 0 fully saturated rings. The van der Waals surface area contributed by atoms with E-state index in [2.05, 4.69) is 45.1 Å². The van der Waals surface area contributed by atoms with Crippen molar-refractivity contribution in [3.63, 3.8) is 0 Å². The first kappa shape index (κ1) is 23.5. The summed E-state index contributed by atoms with van der Waals surface area (Å²) in [6, 6.07) is 8.49. The molecule has 0 atom stereocenters. The third kappa shape index (κ3) is 5.95. The number of carboxylic acids is 1. The van der Waals surface area contributed by atoms with Crippen LogP contribution in [0.3, 0.4) is 0 Å². The zero-order valence-electron chi connectivity index (χ0n) is 17.7. The summed E-state index contributed by atoms with van der Waals surface area (Å²) in [7, 11) is 0. The molecule has 172 valence electrons. The van der Waals surface area contributed by atoms with E-state index in [0.717, 1.165) is 43.4 Å². The molecule has 0 bridgehead atoms. The first-order valence-electron chi connectivity index (χ1n) is 9.89. The highest BCUT2D eigenvalue weighted by Crippen LogP contribution is 2.16. The Morgan fingerprint density at radius 3 is 2.62 bits per heavy atom. The van der Waals surface area contributed by atoms with Gasteiger partial charge in [-0.2, -0.15) is 18.3 Å². The molecule has 1 aromatic carbocycles. The number of aryl methyl sites for hydroxylation is 2. The van der Waals surface area contributed by atoms with Crippen LogP contribution in [0.15, 0.2) is 36.7 Å². The van der Waals surface area contributed by atoms with Gasteiger partial charge in [-0.25, -0.2) is 14.5 Å². The second kappa shape index (κ2) is 9.96. The first-order chi connectivity index (χ1) is 15.1. The fourth-order valence-electron chi connectivity index (χ4n) is 3.21. The van der Waals surface area contributed by atoms with E-state index >= 15 is 0 Å². The van der Waals surface area contributed by atoms with Gasteiger partial charge >= 0.3 is 12.1 Å². The number of imidazole rings is 1. The molecule has 2 N–H and O–H groups in total. The van der Waals surface area contributed by atoms with Crippen LogP contribution in [0.5, 0.6) is 0 Å². The first-order valence-corrected chi connectivity index (χ1v) is 9.89. The normalized spacial score (nSPS) is 13.3. The highest BCUT2D eigenvalue weighted by atomic mass is 19.4. The van der Waals surface area contributed by atoms with Crippen LogP contribution in [0.25, 0.3) is 5.69 Å². The van der Waals surface area contributed by atoms with Crippen molar-refractivity contribution in [2.75, 3.05) is 6.61 Å². The van der Waals surface area contributed by atoms with Gasteiger partial charge in [0.25, 0.3) is 0 Å². The average molecular weight is 451 g/mol. The Bertz CT molecular complexity index is 1080. The zero-order valence-corrected chi connectivity index (χ0v) is 17.7. The number of hydrogen-bond donors (Lipinski definition) is 2. The lowest BCUT2D eigenvalue weighted by atomic mass is 10.1. The number of carbonyl (C=O) groups is 1. The Kier molecular flexibility index (Phi) is 7.31. The lowest BCUT2D eigenvalue weighted by Crippen LogP contribution is -2.22. The van der Waals surface area contributed by atoms with E-state index in [9.17, 15) is 13.2 Å². The maximum absolute atomic E-state index is 10.6. The number of alkyl halides is 3. The number of hydrogen-bond acceptors (Lipinski definition) is 5. The molecule has 11 heteroatoms. The summed E-state index contributed by atoms with van der Waals surface area (Å²) < 4.78 is 41.3. The minimum absolute atomic E-state index is 0.619. The molecule has 8 nitrogen and oxygen atoms in total. The van der Waals surface area contributed by atoms with Gasteiger partial charge < -0.3 is 19.7 Å². The number of carboxylic acid groups (broad SMARTS) is 1. The molecule has 0 unspecified atom stereocenters. The molecular weight excluding hydrogens is 427 g/mol. The standard InChI is InChI=1S/C19H23N5O.C2HF3O2/c1-14-9-17(24-6-5-15(2)22-24)4-3-16(14)10-20-11-18-12-21-19-13-25-8-7-23(18)19;3-2(4,5)1(6)7/h3-6,9,12,20H,7-8,10-11,13H2,1-2H3;(H,6,7). The van der Waals surface area contributed by atoms with Gasteiger partial charge in [0.15, 0.2) is 0 Å². The van der Waals surface area contributed by atoms with Crippen LogP contribution in [0.4, 0.5) is 13.2 Å². The molecule has 4 rings (SSSR count). The van der Waals surface area contributed by atoms with Crippen LogP contribution in [0, 0.1) is 13.8 Å². The lowest BCUT2D eigenvalue weighted by Gasteiger charge is -2.17. The second-order valence-electron chi connectivity index (χ2n) is 7.29. The minimum atomic E-state index is -5.08. The SMILES string of the molecule is Cc1ccn(-c2ccc(CNCc3cnc4n3CCOC4)c(C)c2)n1.O=C(O)C(F)(F)F. The van der Waals surface area contributed by atoms with Gasteiger partial charge in [0, 0.05) is 32.0 Å². The molecule has 32 heavy (non-hydrogen) atoms. The van der Waals surface area contributed by atoms with Crippen molar-refractivity contribution in [1.82, 2.24) is 24.6 Å². The molecule has 0 saturated heterocycles. The third-order valence-corrected chi connectivity index (χ3v) is 4.89. The number of fused-ring (bicyclic) bond motifs is 1. The second-order valence-corrected chi connectivity index (χ2v) is 7.29. The number of rotatable bonds is 5. The van der Waals surface area contributed by atoms with E-state index in [1.54, 1.807) is 0 Å². The molecule has 3 heterocycles. The maximum atomic E-state index is 10.6. The summed E-state index contributed by atoms with van der Waals surface area (Å²) in [5.74, 6) is -1.73. The Labute approximate surface area is 182 Å². The fourth-order valence-corrected chi connectivity index (χ4v) is 3.21. The van der Waals surface area contributed by atoms with E-state index in [0.29, 0.717) is 6.61 Å². The van der Waals surface area contributed by atoms with Crippen molar-refractivity contribution in [3.05, 3.63) is 65.0 Å². The van der Waals surface area contributed by atoms with Crippen LogP contribution in [0.1, 0.15) is 28.3 Å². The van der Waals surface area contributed by atoms with Gasteiger partial charge in [-0.05, 0) is 43.2 Å². The number of nitrogens with zero attached hydrogens (tertiary/aromatic N) is 4. The number of nitrogens with one attached hydrogen (secondary N) is 1. The minimum Gasteiger partial charge on any atom is -0.475 e. The molecule has 0 aliphatic carbocycles. The smallest absolute Gasteiger partial charge is 0.475 e. The maximum Gasteiger partial charge on any atom is 0.490 e. The third-order valence-electron chi connectivity index (χ3n) is 4.89. The average Bonchev–Trinajstić information content (AvgIpc) is 3.35. The van der Waals surface area contributed by atoms with Crippen molar-refractivity contribution < 1.29 is 27.8 Å². The summed E-state index contributed by atoms with van der Waals surface area (Å²) in [5, 5.41) is 15.1. The summed E-state index contributed by atoms with van der Waals surface area (Å²) in [5.41, 5.74) is 5.91. The predicted octanol–water partition coefficient (Wildman–Crippen LogP) is 3.14. The predicted molar refractivity (Wildman–Crippen MR) is 109 cm³/mol. The van der Waals surface area contributed by atoms with E-state index < -0.39 is 12.1 Å². The van der Waals surface area contributed by atoms with Crippen molar-refractivity contribution in [3.8, 4) is 5.69 Å². The van der Waals surface area contributed by atoms with Crippen molar-refractivity contribution >= 4 is 5.97 Å². The largest absolute Gasteiger partial charge is 0.490 e. The summed E-state index contributed by atoms with van der Waals surface area (Å²) in [6.45, 7) is 8.08. The number of halogens is 3. The van der Waals surface area contributed by atoms with E-state index in [-0.39, 0.29) is 0 Å². The van der Waals surface area contributed by atoms with Crippen molar-refractivity contribution in [1.29, 1.82) is 0 Å². The van der Waals surface area contributed by atoms with E-state index in [4.69, 9.17) is 14.6 Å². The van der Waals surface area contributed by atoms with Gasteiger partial charge in [0.1, 0.15) is 12.4 Å². The fraction of sp³-hybridized carbons (Fsp3) is 0.381. The Morgan fingerprint density at radius 1 is 1.25 bits per heavy atom. The molecule has 1 aliphatic rings. The molecule has 1 aliphatic heterocycles. The lowest BCUT2D eigenvalue weighted by molar-refractivity contribution is -0.192. The van der Waals surface area contributed by atoms with Gasteiger partial charge in [-0.15, -0.1) is 0 Å². The van der Waals surface area contributed by atoms with Crippen molar-refractivity contribution in [2.45, 2.75) is 46.3 Å². The van der Waals surface area contributed by atoms with E-state index in [1.165, 1.54) is 16.8 Å². The Balaban J connectivity index is 0.000000360. The number of aliphatic carboxylic acids is 1. The zero-order chi connectivity index (χ0) is 23.3. The van der Waals surface area contributed by atoms with Crippen LogP contribution in [-0.4, -0.2) is 43.2 Å². The van der Waals surface area contributed by atoms with Gasteiger partial charge in [0.05, 0.1) is 23.7 Å². The highest BCUT2D eigenvalue weighted by molar-refractivity contribution is 5.73. The highest BCUT2D eigenvalue weighted by Gasteiger charge is 2.38. The quantitative estimate of drug-likeness (QED) is 0.619. The van der Waals surface area contributed by atoms with Gasteiger partial charge in [-0.3, -0.25) is 0 Å². The number of benzene rings is 1. The van der Waals surface area contributed by atoms with Crippen LogP contribution >= 0.6 is 0 Å². The van der Waals surface area contributed by atoms with Gasteiger partial charge in [-0.1, -0.05) is 6.07 Å². The molecule has 0 amide bonds. The van der Waals surface area contributed by atoms with Crippen LogP contribution < -0.4 is 5.32 Å². The summed E-state index contributed by atoms with van der Waals surface area (Å²) in [4.78, 5) is 13.3. The Hall–Kier alpha value is -3.18. The van der Waals surface area contributed by atoms with Crippen molar-refractivity contribution in [2.24, 2.45) is 0 Å². The van der Waals surface area contributed by atoms with E-state index in [1.807, 2.05) is 30.1 Å². The summed E-state index contributed by atoms with van der Waals surface area (Å²) in [6.07, 6.45) is -1.14. The molecule has 2 aromatic heterocycles. The molecule has 0 spiro atoms. The monoisotopic (exact) mass is 451 g/mol. The topological polar surface area (TPSA) is 94.2 Å². The molecule has 0 radical (unpaired) electrons. The molecular formula is C21H24F3N5O3. The molecule has 0 saturated carbocycles. The van der Waals surface area contributed by atoms with Crippen LogP contribution in [0.2, 0.25) is 0 Å². The number of ether oxygens (including phenoxy) is 1. The van der Waals surface area contributed by atoms with Crippen LogP contribution in [-0.2, 0) is 35.8 Å².